The van der Waals surface area contributed by atoms with E-state index in [9.17, 15) is 13.2 Å². The number of amides is 1. The molecule has 0 spiro atoms. The fourth-order valence-electron chi connectivity index (χ4n) is 3.17. The highest BCUT2D eigenvalue weighted by atomic mass is 32.2. The van der Waals surface area contributed by atoms with Crippen LogP contribution in [0.4, 0.5) is 11.4 Å². The first-order valence-corrected chi connectivity index (χ1v) is 10.6. The minimum absolute atomic E-state index is 0.0521. The van der Waals surface area contributed by atoms with Crippen molar-refractivity contribution >= 4 is 38.3 Å². The predicted molar refractivity (Wildman–Crippen MR) is 109 cm³/mol. The molecule has 1 aromatic heterocycles. The van der Waals surface area contributed by atoms with Gasteiger partial charge in [0, 0.05) is 17.5 Å². The molecule has 0 saturated heterocycles. The lowest BCUT2D eigenvalue weighted by Gasteiger charge is -2.17. The van der Waals surface area contributed by atoms with Crippen LogP contribution in [0.3, 0.4) is 0 Å². The summed E-state index contributed by atoms with van der Waals surface area (Å²) in [5.74, 6) is 0.794. The Morgan fingerprint density at radius 1 is 1.07 bits per heavy atom. The van der Waals surface area contributed by atoms with Gasteiger partial charge in [-0.1, -0.05) is 20.8 Å². The number of nitrogens with zero attached hydrogens (tertiary/aromatic N) is 1. The van der Waals surface area contributed by atoms with Gasteiger partial charge in [0.05, 0.1) is 21.6 Å². The smallest absolute Gasteiger partial charge is 0.261 e. The largest absolute Gasteiger partial charge is 0.341 e. The topological polar surface area (TPSA) is 104 Å². The molecular formula is C20H22N4O3S. The van der Waals surface area contributed by atoms with Crippen molar-refractivity contribution in [2.45, 2.75) is 43.9 Å². The lowest BCUT2D eigenvalue weighted by atomic mass is 9.96. The van der Waals surface area contributed by atoms with Gasteiger partial charge in [0.1, 0.15) is 5.82 Å². The molecule has 0 unspecified atom stereocenters. The van der Waals surface area contributed by atoms with Gasteiger partial charge in [-0.3, -0.25) is 9.52 Å². The van der Waals surface area contributed by atoms with Crippen molar-refractivity contribution < 1.29 is 13.2 Å². The number of rotatable bonds is 3. The van der Waals surface area contributed by atoms with Crippen LogP contribution in [-0.4, -0.2) is 24.3 Å². The zero-order chi connectivity index (χ0) is 20.1. The van der Waals surface area contributed by atoms with Gasteiger partial charge in [0.2, 0.25) is 5.91 Å². The van der Waals surface area contributed by atoms with Gasteiger partial charge < -0.3 is 10.3 Å². The Morgan fingerprint density at radius 2 is 1.86 bits per heavy atom. The maximum absolute atomic E-state index is 12.8. The molecule has 3 aromatic rings. The fraction of sp³-hybridized carbons (Fsp3) is 0.300. The van der Waals surface area contributed by atoms with Crippen LogP contribution in [0.15, 0.2) is 41.3 Å². The molecule has 0 aliphatic carbocycles. The van der Waals surface area contributed by atoms with Crippen LogP contribution in [0.25, 0.3) is 11.0 Å². The van der Waals surface area contributed by atoms with Crippen LogP contribution in [0.1, 0.15) is 38.6 Å². The highest BCUT2D eigenvalue weighted by Gasteiger charge is 2.21. The van der Waals surface area contributed by atoms with Crippen LogP contribution < -0.4 is 10.0 Å². The number of carbonyl (C=O) groups is 1. The lowest BCUT2D eigenvalue weighted by molar-refractivity contribution is -0.116. The third-order valence-corrected chi connectivity index (χ3v) is 6.11. The van der Waals surface area contributed by atoms with E-state index in [1.807, 2.05) is 0 Å². The first-order valence-electron chi connectivity index (χ1n) is 9.08. The van der Waals surface area contributed by atoms with E-state index in [0.29, 0.717) is 24.2 Å². The van der Waals surface area contributed by atoms with Gasteiger partial charge in [-0.05, 0) is 48.4 Å². The Kier molecular flexibility index (Phi) is 4.19. The number of hydrogen-bond acceptors (Lipinski definition) is 4. The van der Waals surface area contributed by atoms with E-state index in [1.54, 1.807) is 30.3 Å². The average Bonchev–Trinajstić information content (AvgIpc) is 3.04. The minimum atomic E-state index is -3.75. The normalized spacial score (nSPS) is 14.6. The first-order chi connectivity index (χ1) is 13.1. The zero-order valence-corrected chi connectivity index (χ0v) is 16.8. The third kappa shape index (κ3) is 3.47. The molecule has 7 nitrogen and oxygen atoms in total. The zero-order valence-electron chi connectivity index (χ0n) is 16.0. The first kappa shape index (κ1) is 18.5. The minimum Gasteiger partial charge on any atom is -0.341 e. The van der Waals surface area contributed by atoms with E-state index >= 15 is 0 Å². The van der Waals surface area contributed by atoms with Crippen molar-refractivity contribution in [1.82, 2.24) is 9.97 Å². The number of imidazole rings is 1. The van der Waals surface area contributed by atoms with E-state index in [-0.39, 0.29) is 16.2 Å². The van der Waals surface area contributed by atoms with Crippen LogP contribution in [0, 0.1) is 0 Å². The lowest BCUT2D eigenvalue weighted by Crippen LogP contribution is -2.20. The average molecular weight is 398 g/mol. The molecule has 1 aliphatic rings. The summed E-state index contributed by atoms with van der Waals surface area (Å²) in [7, 11) is -3.75. The van der Waals surface area contributed by atoms with Gasteiger partial charge in [-0.15, -0.1) is 0 Å². The summed E-state index contributed by atoms with van der Waals surface area (Å²) in [5, 5.41) is 2.76. The van der Waals surface area contributed by atoms with E-state index in [1.165, 1.54) is 6.07 Å². The maximum atomic E-state index is 12.8. The van der Waals surface area contributed by atoms with Crippen molar-refractivity contribution in [3.63, 3.8) is 0 Å². The van der Waals surface area contributed by atoms with Crippen molar-refractivity contribution in [3.8, 4) is 0 Å². The molecule has 0 fully saturated rings. The standard InChI is InChI=1S/C20H22N4O3S/c1-20(2,3)19-22-16-7-5-13(11-17(16)23-19)24-28(26,27)14-6-8-15-12(10-14)4-9-18(25)21-15/h5-8,10-11,24H,4,9H2,1-3H3,(H,21,25)(H,22,23). The number of hydrogen-bond donors (Lipinski definition) is 3. The molecule has 2 heterocycles. The number of aromatic nitrogens is 2. The molecule has 0 saturated carbocycles. The van der Waals surface area contributed by atoms with E-state index < -0.39 is 10.0 Å². The number of carbonyl (C=O) groups excluding carboxylic acids is 1. The molecule has 4 rings (SSSR count). The van der Waals surface area contributed by atoms with Crippen LogP contribution in [-0.2, 0) is 26.7 Å². The number of anilines is 2. The number of sulfonamides is 1. The molecule has 3 N–H and O–H groups in total. The summed E-state index contributed by atoms with van der Waals surface area (Å²) in [4.78, 5) is 19.5. The molecule has 8 heteroatoms. The third-order valence-electron chi connectivity index (χ3n) is 4.73. The van der Waals surface area contributed by atoms with Crippen molar-refractivity contribution in [2.24, 2.45) is 0 Å². The highest BCUT2D eigenvalue weighted by molar-refractivity contribution is 7.92. The Labute approximate surface area is 163 Å². The molecular weight excluding hydrogens is 376 g/mol. The van der Waals surface area contributed by atoms with E-state index in [0.717, 1.165) is 22.4 Å². The van der Waals surface area contributed by atoms with Crippen LogP contribution in [0.2, 0.25) is 0 Å². The molecule has 0 bridgehead atoms. The summed E-state index contributed by atoms with van der Waals surface area (Å²) < 4.78 is 28.3. The van der Waals surface area contributed by atoms with Crippen molar-refractivity contribution in [3.05, 3.63) is 47.8 Å². The second kappa shape index (κ2) is 6.34. The molecule has 0 atom stereocenters. The van der Waals surface area contributed by atoms with Crippen molar-refractivity contribution in [2.75, 3.05) is 10.0 Å². The van der Waals surface area contributed by atoms with Crippen molar-refractivity contribution in [1.29, 1.82) is 0 Å². The second-order valence-electron chi connectivity index (χ2n) is 8.04. The van der Waals surface area contributed by atoms with Gasteiger partial charge in [0.15, 0.2) is 0 Å². The van der Waals surface area contributed by atoms with Gasteiger partial charge in [-0.25, -0.2) is 13.4 Å². The quantitative estimate of drug-likeness (QED) is 0.628. The highest BCUT2D eigenvalue weighted by Crippen LogP contribution is 2.28. The summed E-state index contributed by atoms with van der Waals surface area (Å²) in [6.07, 6.45) is 0.886. The van der Waals surface area contributed by atoms with Gasteiger partial charge in [-0.2, -0.15) is 0 Å². The SMILES string of the molecule is CC(C)(C)c1nc2ccc(NS(=O)(=O)c3ccc4c(c3)CCC(=O)N4)cc2[nH]1. The fourth-order valence-corrected chi connectivity index (χ4v) is 4.27. The van der Waals surface area contributed by atoms with Crippen LogP contribution in [0.5, 0.6) is 0 Å². The molecule has 1 aliphatic heterocycles. The number of fused-ring (bicyclic) bond motifs is 2. The second-order valence-corrected chi connectivity index (χ2v) is 9.72. The molecule has 28 heavy (non-hydrogen) atoms. The predicted octanol–water partition coefficient (Wildman–Crippen LogP) is 3.55. The Balaban J connectivity index is 1.63. The Morgan fingerprint density at radius 3 is 2.61 bits per heavy atom. The maximum Gasteiger partial charge on any atom is 0.261 e. The number of nitrogens with one attached hydrogen (secondary N) is 3. The number of H-pyrrole nitrogens is 1. The summed E-state index contributed by atoms with van der Waals surface area (Å²) in [6, 6.07) is 9.98. The number of aromatic amines is 1. The Hall–Kier alpha value is -2.87. The molecule has 0 radical (unpaired) electrons. The summed E-state index contributed by atoms with van der Waals surface area (Å²) in [6.45, 7) is 6.19. The van der Waals surface area contributed by atoms with E-state index in [4.69, 9.17) is 0 Å². The monoisotopic (exact) mass is 398 g/mol. The summed E-state index contributed by atoms with van der Waals surface area (Å²) >= 11 is 0. The molecule has 1 amide bonds. The number of aryl methyl sites for hydroxylation is 1. The van der Waals surface area contributed by atoms with Gasteiger partial charge in [0.25, 0.3) is 10.0 Å². The molecule has 2 aromatic carbocycles. The van der Waals surface area contributed by atoms with Crippen LogP contribution >= 0.6 is 0 Å². The molecule has 146 valence electrons. The van der Waals surface area contributed by atoms with E-state index in [2.05, 4.69) is 40.8 Å². The number of benzene rings is 2. The van der Waals surface area contributed by atoms with Gasteiger partial charge >= 0.3 is 0 Å². The summed E-state index contributed by atoms with van der Waals surface area (Å²) in [5.41, 5.74) is 3.39. The Bertz CT molecular complexity index is 1190.